The highest BCUT2D eigenvalue weighted by atomic mass is 16.1. The Morgan fingerprint density at radius 1 is 1.10 bits per heavy atom. The molecule has 0 bridgehead atoms. The van der Waals surface area contributed by atoms with Gasteiger partial charge in [-0.15, -0.1) is 0 Å². The molecule has 0 spiro atoms. The third-order valence-corrected chi connectivity index (χ3v) is 3.22. The van der Waals surface area contributed by atoms with E-state index in [1.165, 1.54) is 6.08 Å². The summed E-state index contributed by atoms with van der Waals surface area (Å²) in [5.74, 6) is -0.208. The number of anilines is 1. The van der Waals surface area contributed by atoms with Crippen LogP contribution < -0.4 is 5.32 Å². The van der Waals surface area contributed by atoms with Crippen LogP contribution in [-0.4, -0.2) is 5.91 Å². The fourth-order valence-electron chi connectivity index (χ4n) is 2.09. The van der Waals surface area contributed by atoms with Crippen LogP contribution in [0.1, 0.15) is 22.3 Å². The summed E-state index contributed by atoms with van der Waals surface area (Å²) in [6.45, 7) is 3.91. The topological polar surface area (TPSA) is 52.9 Å². The normalized spacial score (nSPS) is 10.3. The zero-order valence-electron chi connectivity index (χ0n) is 12.1. The number of aryl methyl sites for hydroxylation is 2. The minimum atomic E-state index is -0.208. The lowest BCUT2D eigenvalue weighted by atomic mass is 10.1. The van der Waals surface area contributed by atoms with Crippen molar-refractivity contribution in [1.29, 1.82) is 5.26 Å². The predicted octanol–water partition coefficient (Wildman–Crippen LogP) is 3.83. The van der Waals surface area contributed by atoms with E-state index in [2.05, 4.69) is 11.4 Å². The number of para-hydroxylation sites is 1. The Balaban J connectivity index is 2.16. The third-order valence-electron chi connectivity index (χ3n) is 3.22. The van der Waals surface area contributed by atoms with Gasteiger partial charge in [-0.1, -0.05) is 36.4 Å². The quantitative estimate of drug-likeness (QED) is 0.866. The van der Waals surface area contributed by atoms with Crippen molar-refractivity contribution in [2.45, 2.75) is 13.8 Å². The molecule has 2 aromatic carbocycles. The van der Waals surface area contributed by atoms with Crippen LogP contribution in [0.15, 0.2) is 48.5 Å². The van der Waals surface area contributed by atoms with E-state index < -0.39 is 0 Å². The van der Waals surface area contributed by atoms with Gasteiger partial charge in [-0.2, -0.15) is 5.26 Å². The molecule has 3 nitrogen and oxygen atoms in total. The molecule has 0 aliphatic rings. The predicted molar refractivity (Wildman–Crippen MR) is 84.7 cm³/mol. The summed E-state index contributed by atoms with van der Waals surface area (Å²) in [4.78, 5) is 12.0. The van der Waals surface area contributed by atoms with Crippen LogP contribution >= 0.6 is 0 Å². The summed E-state index contributed by atoms with van der Waals surface area (Å²) in [6.07, 6.45) is 3.10. The standard InChI is InChI=1S/C18H16N2O/c1-13-6-5-7-14(2)18(13)20-17(21)11-10-15-8-3-4-9-16(15)12-19/h3-11H,1-2H3,(H,20,21)/b11-10+. The molecule has 0 saturated carbocycles. The molecule has 3 heteroatoms. The average molecular weight is 276 g/mol. The van der Waals surface area contributed by atoms with Crippen LogP contribution in [0.5, 0.6) is 0 Å². The lowest BCUT2D eigenvalue weighted by molar-refractivity contribution is -0.111. The summed E-state index contributed by atoms with van der Waals surface area (Å²) in [5, 5.41) is 11.9. The highest BCUT2D eigenvalue weighted by molar-refractivity contribution is 6.02. The van der Waals surface area contributed by atoms with Crippen molar-refractivity contribution in [3.63, 3.8) is 0 Å². The number of hydrogen-bond acceptors (Lipinski definition) is 2. The molecule has 2 rings (SSSR count). The first-order chi connectivity index (χ1) is 10.1. The van der Waals surface area contributed by atoms with Crippen molar-refractivity contribution in [2.75, 3.05) is 5.32 Å². The number of nitriles is 1. The third kappa shape index (κ3) is 3.58. The second-order valence-corrected chi connectivity index (χ2v) is 4.79. The van der Waals surface area contributed by atoms with Crippen LogP contribution in [0.4, 0.5) is 5.69 Å². The minimum absolute atomic E-state index is 0.208. The van der Waals surface area contributed by atoms with Crippen molar-refractivity contribution in [1.82, 2.24) is 0 Å². The van der Waals surface area contributed by atoms with E-state index >= 15 is 0 Å². The second kappa shape index (κ2) is 6.53. The molecule has 1 amide bonds. The molecule has 0 heterocycles. The van der Waals surface area contributed by atoms with Crippen molar-refractivity contribution < 1.29 is 4.79 Å². The number of nitrogens with one attached hydrogen (secondary N) is 1. The lowest BCUT2D eigenvalue weighted by Gasteiger charge is -2.09. The number of benzene rings is 2. The Hall–Kier alpha value is -2.86. The van der Waals surface area contributed by atoms with Gasteiger partial charge in [-0.25, -0.2) is 0 Å². The maximum absolute atomic E-state index is 12.0. The highest BCUT2D eigenvalue weighted by Gasteiger charge is 2.04. The zero-order valence-corrected chi connectivity index (χ0v) is 12.1. The SMILES string of the molecule is Cc1cccc(C)c1NC(=O)/C=C/c1ccccc1C#N. The van der Waals surface area contributed by atoms with Crippen molar-refractivity contribution in [3.8, 4) is 6.07 Å². The fourth-order valence-corrected chi connectivity index (χ4v) is 2.09. The Kier molecular flexibility index (Phi) is 4.53. The number of carbonyl (C=O) groups is 1. The van der Waals surface area contributed by atoms with E-state index in [-0.39, 0.29) is 5.91 Å². The molecule has 0 fully saturated rings. The van der Waals surface area contributed by atoms with Crippen LogP contribution in [-0.2, 0) is 4.79 Å². The zero-order chi connectivity index (χ0) is 15.2. The van der Waals surface area contributed by atoms with Crippen molar-refractivity contribution in [2.24, 2.45) is 0 Å². The highest BCUT2D eigenvalue weighted by Crippen LogP contribution is 2.19. The Bertz CT molecular complexity index is 719. The molecule has 21 heavy (non-hydrogen) atoms. The molecular weight excluding hydrogens is 260 g/mol. The lowest BCUT2D eigenvalue weighted by Crippen LogP contribution is -2.10. The largest absolute Gasteiger partial charge is 0.322 e. The first kappa shape index (κ1) is 14.5. The van der Waals surface area contributed by atoms with Crippen molar-refractivity contribution in [3.05, 3.63) is 70.8 Å². The van der Waals surface area contributed by atoms with E-state index in [9.17, 15) is 4.79 Å². The summed E-state index contributed by atoms with van der Waals surface area (Å²) in [5.41, 5.74) is 4.16. The van der Waals surface area contributed by atoms with Gasteiger partial charge in [-0.3, -0.25) is 4.79 Å². The maximum Gasteiger partial charge on any atom is 0.248 e. The van der Waals surface area contributed by atoms with Crippen LogP contribution in [0.2, 0.25) is 0 Å². The van der Waals surface area contributed by atoms with Gasteiger partial charge in [0.05, 0.1) is 11.6 Å². The Morgan fingerprint density at radius 2 is 1.76 bits per heavy atom. The van der Waals surface area contributed by atoms with Crippen LogP contribution in [0.3, 0.4) is 0 Å². The van der Waals surface area contributed by atoms with Gasteiger partial charge in [-0.05, 0) is 42.7 Å². The Morgan fingerprint density at radius 3 is 2.43 bits per heavy atom. The number of amides is 1. The van der Waals surface area contributed by atoms with E-state index in [0.717, 1.165) is 22.4 Å². The van der Waals surface area contributed by atoms with E-state index in [1.54, 1.807) is 24.3 Å². The monoisotopic (exact) mass is 276 g/mol. The molecule has 0 atom stereocenters. The molecule has 1 N–H and O–H groups in total. The first-order valence-electron chi connectivity index (χ1n) is 6.66. The maximum atomic E-state index is 12.0. The van der Waals surface area contributed by atoms with Crippen LogP contribution in [0, 0.1) is 25.2 Å². The fraction of sp³-hybridized carbons (Fsp3) is 0.111. The molecule has 104 valence electrons. The molecule has 0 aliphatic carbocycles. The molecule has 0 aromatic heterocycles. The van der Waals surface area contributed by atoms with Gasteiger partial charge in [0.25, 0.3) is 0 Å². The van der Waals surface area contributed by atoms with Gasteiger partial charge in [0.2, 0.25) is 5.91 Å². The van der Waals surface area contributed by atoms with Crippen molar-refractivity contribution >= 4 is 17.7 Å². The number of nitrogens with zero attached hydrogens (tertiary/aromatic N) is 1. The first-order valence-corrected chi connectivity index (χ1v) is 6.66. The second-order valence-electron chi connectivity index (χ2n) is 4.79. The molecule has 0 saturated heterocycles. The van der Waals surface area contributed by atoms with Gasteiger partial charge in [0, 0.05) is 11.8 Å². The number of rotatable bonds is 3. The van der Waals surface area contributed by atoms with E-state index in [0.29, 0.717) is 5.56 Å². The summed E-state index contributed by atoms with van der Waals surface area (Å²) in [6, 6.07) is 15.1. The molecular formula is C18H16N2O. The number of hydrogen-bond donors (Lipinski definition) is 1. The van der Waals surface area contributed by atoms with E-state index in [4.69, 9.17) is 5.26 Å². The molecule has 0 aliphatic heterocycles. The average Bonchev–Trinajstić information content (AvgIpc) is 2.49. The van der Waals surface area contributed by atoms with Gasteiger partial charge in [0.15, 0.2) is 0 Å². The molecule has 2 aromatic rings. The van der Waals surface area contributed by atoms with Gasteiger partial charge in [0.1, 0.15) is 0 Å². The number of carbonyl (C=O) groups excluding carboxylic acids is 1. The van der Waals surface area contributed by atoms with Gasteiger partial charge >= 0.3 is 0 Å². The van der Waals surface area contributed by atoms with E-state index in [1.807, 2.05) is 38.1 Å². The van der Waals surface area contributed by atoms with Crippen LogP contribution in [0.25, 0.3) is 6.08 Å². The molecule has 0 radical (unpaired) electrons. The Labute approximate surface area is 124 Å². The molecule has 0 unspecified atom stereocenters. The summed E-state index contributed by atoms with van der Waals surface area (Å²) in [7, 11) is 0. The summed E-state index contributed by atoms with van der Waals surface area (Å²) >= 11 is 0. The van der Waals surface area contributed by atoms with Gasteiger partial charge < -0.3 is 5.32 Å². The smallest absolute Gasteiger partial charge is 0.248 e. The minimum Gasteiger partial charge on any atom is -0.322 e. The summed E-state index contributed by atoms with van der Waals surface area (Å²) < 4.78 is 0.